The van der Waals surface area contributed by atoms with Gasteiger partial charge in [-0.1, -0.05) is 23.9 Å². The van der Waals surface area contributed by atoms with E-state index in [2.05, 4.69) is 10.2 Å². The first kappa shape index (κ1) is 20.6. The minimum absolute atomic E-state index is 0.532. The number of piperidine rings is 1. The summed E-state index contributed by atoms with van der Waals surface area (Å²) in [5, 5.41) is 3.45. The molecule has 0 amide bonds. The lowest BCUT2D eigenvalue weighted by Crippen LogP contribution is -2.40. The maximum atomic E-state index is 13.3. The SMILES string of the molecule is NCC1CCNCC1CCCN1c2ccccc2Sc2ccc(C(F)(F)F)cc21. The predicted octanol–water partition coefficient (Wildman–Crippen LogP) is 5.27. The minimum Gasteiger partial charge on any atom is -0.340 e. The molecule has 2 aromatic carbocycles. The van der Waals surface area contributed by atoms with Crippen molar-refractivity contribution in [2.24, 2.45) is 17.6 Å². The van der Waals surface area contributed by atoms with Crippen molar-refractivity contribution in [3.8, 4) is 0 Å². The molecular formula is C22H26F3N3S. The number of anilines is 2. The first-order valence-electron chi connectivity index (χ1n) is 10.1. The second kappa shape index (κ2) is 8.58. The molecule has 1 saturated heterocycles. The molecule has 2 aromatic rings. The summed E-state index contributed by atoms with van der Waals surface area (Å²) in [6.45, 7) is 3.39. The fraction of sp³-hybridized carbons (Fsp3) is 0.455. The van der Waals surface area contributed by atoms with Gasteiger partial charge in [0.1, 0.15) is 0 Å². The lowest BCUT2D eigenvalue weighted by Gasteiger charge is -2.35. The highest BCUT2D eigenvalue weighted by Crippen LogP contribution is 2.49. The number of para-hydroxylation sites is 1. The number of rotatable bonds is 5. The van der Waals surface area contributed by atoms with Gasteiger partial charge in [0, 0.05) is 16.3 Å². The van der Waals surface area contributed by atoms with E-state index in [1.54, 1.807) is 6.07 Å². The van der Waals surface area contributed by atoms with Crippen molar-refractivity contribution in [1.29, 1.82) is 0 Å². The number of alkyl halides is 3. The van der Waals surface area contributed by atoms with Crippen molar-refractivity contribution in [3.05, 3.63) is 48.0 Å². The molecule has 0 bridgehead atoms. The second-order valence-corrected chi connectivity index (χ2v) is 8.88. The first-order chi connectivity index (χ1) is 14.0. The van der Waals surface area contributed by atoms with E-state index in [1.165, 1.54) is 23.9 Å². The summed E-state index contributed by atoms with van der Waals surface area (Å²) in [4.78, 5) is 4.01. The number of nitrogens with one attached hydrogen (secondary N) is 1. The van der Waals surface area contributed by atoms with Crippen LogP contribution < -0.4 is 16.0 Å². The van der Waals surface area contributed by atoms with Crippen LogP contribution in [0.15, 0.2) is 52.3 Å². The molecule has 29 heavy (non-hydrogen) atoms. The average Bonchev–Trinajstić information content (AvgIpc) is 2.72. The summed E-state index contributed by atoms with van der Waals surface area (Å²) in [6.07, 6.45) is -1.31. The Bertz CT molecular complexity index is 855. The lowest BCUT2D eigenvalue weighted by atomic mass is 9.83. The van der Waals surface area contributed by atoms with E-state index in [9.17, 15) is 13.2 Å². The Morgan fingerprint density at radius 2 is 1.86 bits per heavy atom. The number of nitrogens with zero attached hydrogens (tertiary/aromatic N) is 1. The summed E-state index contributed by atoms with van der Waals surface area (Å²) in [7, 11) is 0. The molecular weight excluding hydrogens is 395 g/mol. The summed E-state index contributed by atoms with van der Waals surface area (Å²) >= 11 is 1.54. The van der Waals surface area contributed by atoms with Gasteiger partial charge in [0.05, 0.1) is 16.9 Å². The van der Waals surface area contributed by atoms with E-state index in [0.717, 1.165) is 47.8 Å². The summed E-state index contributed by atoms with van der Waals surface area (Å²) in [5.74, 6) is 1.06. The predicted molar refractivity (Wildman–Crippen MR) is 112 cm³/mol. The zero-order valence-corrected chi connectivity index (χ0v) is 17.0. The van der Waals surface area contributed by atoms with Crippen LogP contribution in [0.1, 0.15) is 24.8 Å². The minimum atomic E-state index is -4.34. The quantitative estimate of drug-likeness (QED) is 0.690. The average molecular weight is 422 g/mol. The third-order valence-corrected chi connectivity index (χ3v) is 7.11. The van der Waals surface area contributed by atoms with E-state index >= 15 is 0 Å². The third-order valence-electron chi connectivity index (χ3n) is 5.98. The van der Waals surface area contributed by atoms with Crippen LogP contribution in [0.4, 0.5) is 24.5 Å². The normalized spacial score (nSPS) is 21.6. The molecule has 0 radical (unpaired) electrons. The molecule has 3 N–H and O–H groups in total. The van der Waals surface area contributed by atoms with Gasteiger partial charge in [-0.3, -0.25) is 0 Å². The van der Waals surface area contributed by atoms with E-state index < -0.39 is 11.7 Å². The van der Waals surface area contributed by atoms with Crippen LogP contribution in [-0.4, -0.2) is 26.2 Å². The molecule has 1 fully saturated rings. The van der Waals surface area contributed by atoms with E-state index in [4.69, 9.17) is 5.73 Å². The maximum Gasteiger partial charge on any atom is 0.416 e. The van der Waals surface area contributed by atoms with Gasteiger partial charge < -0.3 is 16.0 Å². The van der Waals surface area contributed by atoms with Crippen LogP contribution in [0.25, 0.3) is 0 Å². The van der Waals surface area contributed by atoms with Gasteiger partial charge in [-0.25, -0.2) is 0 Å². The highest BCUT2D eigenvalue weighted by Gasteiger charge is 2.33. The Hall–Kier alpha value is -1.70. The number of hydrogen-bond donors (Lipinski definition) is 2. The van der Waals surface area contributed by atoms with E-state index in [-0.39, 0.29) is 0 Å². The van der Waals surface area contributed by atoms with E-state index in [1.807, 2.05) is 24.3 Å². The van der Waals surface area contributed by atoms with Gasteiger partial charge in [-0.15, -0.1) is 0 Å². The number of nitrogens with two attached hydrogens (primary N) is 1. The highest BCUT2D eigenvalue weighted by molar-refractivity contribution is 7.99. The van der Waals surface area contributed by atoms with E-state index in [0.29, 0.717) is 30.6 Å². The Morgan fingerprint density at radius 1 is 1.07 bits per heavy atom. The van der Waals surface area contributed by atoms with Crippen LogP contribution in [0.5, 0.6) is 0 Å². The Kier molecular flexibility index (Phi) is 6.08. The maximum absolute atomic E-state index is 13.3. The molecule has 2 atom stereocenters. The zero-order chi connectivity index (χ0) is 20.4. The summed E-state index contributed by atoms with van der Waals surface area (Å²) < 4.78 is 39.9. The molecule has 2 unspecified atom stereocenters. The zero-order valence-electron chi connectivity index (χ0n) is 16.2. The van der Waals surface area contributed by atoms with Gasteiger partial charge in [0.25, 0.3) is 0 Å². The van der Waals surface area contributed by atoms with Crippen molar-refractivity contribution >= 4 is 23.1 Å². The van der Waals surface area contributed by atoms with Crippen molar-refractivity contribution in [3.63, 3.8) is 0 Å². The Balaban J connectivity index is 1.57. The Labute approximate surface area is 173 Å². The Morgan fingerprint density at radius 3 is 2.66 bits per heavy atom. The molecule has 0 saturated carbocycles. The van der Waals surface area contributed by atoms with Gasteiger partial charge >= 0.3 is 6.18 Å². The third kappa shape index (κ3) is 4.42. The summed E-state index contributed by atoms with van der Waals surface area (Å²) in [5.41, 5.74) is 6.99. The molecule has 2 aliphatic rings. The van der Waals surface area contributed by atoms with Crippen LogP contribution in [0.3, 0.4) is 0 Å². The van der Waals surface area contributed by atoms with Gasteiger partial charge in [-0.2, -0.15) is 13.2 Å². The van der Waals surface area contributed by atoms with Gasteiger partial charge in [-0.05, 0) is 81.1 Å². The number of hydrogen-bond acceptors (Lipinski definition) is 4. The first-order valence-corrected chi connectivity index (χ1v) is 11.0. The largest absolute Gasteiger partial charge is 0.416 e. The molecule has 3 nitrogen and oxygen atoms in total. The number of fused-ring (bicyclic) bond motifs is 2. The van der Waals surface area contributed by atoms with Crippen molar-refractivity contribution < 1.29 is 13.2 Å². The number of benzene rings is 2. The molecule has 7 heteroatoms. The fourth-order valence-electron chi connectivity index (χ4n) is 4.38. The van der Waals surface area contributed by atoms with Gasteiger partial charge in [0.15, 0.2) is 0 Å². The molecule has 0 aliphatic carbocycles. The topological polar surface area (TPSA) is 41.3 Å². The molecule has 0 aromatic heterocycles. The monoisotopic (exact) mass is 421 g/mol. The fourth-order valence-corrected chi connectivity index (χ4v) is 5.46. The highest BCUT2D eigenvalue weighted by atomic mass is 32.2. The smallest absolute Gasteiger partial charge is 0.340 e. The van der Waals surface area contributed by atoms with Crippen LogP contribution in [0.2, 0.25) is 0 Å². The lowest BCUT2D eigenvalue weighted by molar-refractivity contribution is -0.137. The van der Waals surface area contributed by atoms with Crippen molar-refractivity contribution in [1.82, 2.24) is 5.32 Å². The van der Waals surface area contributed by atoms with Crippen molar-refractivity contribution in [2.45, 2.75) is 35.2 Å². The molecule has 2 heterocycles. The van der Waals surface area contributed by atoms with Crippen LogP contribution >= 0.6 is 11.8 Å². The van der Waals surface area contributed by atoms with Crippen LogP contribution in [-0.2, 0) is 6.18 Å². The van der Waals surface area contributed by atoms with Gasteiger partial charge in [0.2, 0.25) is 0 Å². The van der Waals surface area contributed by atoms with Crippen LogP contribution in [0, 0.1) is 11.8 Å². The standard InChI is InChI=1S/C22H26F3N3S/c23-22(24,25)17-7-8-21-19(12-17)28(18-5-1-2-6-20(18)29-21)11-3-4-16-14-27-10-9-15(16)13-26/h1-2,5-8,12,15-16,27H,3-4,9-11,13-14,26H2. The molecule has 0 spiro atoms. The molecule has 4 rings (SSSR count). The number of halogens is 3. The summed E-state index contributed by atoms with van der Waals surface area (Å²) in [6, 6.07) is 12.0. The molecule has 156 valence electrons. The second-order valence-electron chi connectivity index (χ2n) is 7.79. The molecule has 2 aliphatic heterocycles. The van der Waals surface area contributed by atoms with Crippen molar-refractivity contribution in [2.75, 3.05) is 31.1 Å².